The second-order valence-electron chi connectivity index (χ2n) is 5.99. The maximum Gasteiger partial charge on any atom is 0.416 e. The Bertz CT molecular complexity index is 728. The van der Waals surface area contributed by atoms with E-state index in [4.69, 9.17) is 0 Å². The number of alkyl halides is 3. The molecule has 1 amide bonds. The van der Waals surface area contributed by atoms with Crippen molar-refractivity contribution < 1.29 is 26.4 Å². The molecule has 11 heteroatoms. The van der Waals surface area contributed by atoms with Crippen molar-refractivity contribution in [2.45, 2.75) is 42.9 Å². The minimum Gasteiger partial charge on any atom is -0.352 e. The van der Waals surface area contributed by atoms with Gasteiger partial charge >= 0.3 is 6.18 Å². The summed E-state index contributed by atoms with van der Waals surface area (Å²) >= 11 is 0. The van der Waals surface area contributed by atoms with Crippen molar-refractivity contribution in [3.63, 3.8) is 0 Å². The molecule has 1 aliphatic rings. The second-order valence-corrected chi connectivity index (χ2v) is 7.76. The van der Waals surface area contributed by atoms with Gasteiger partial charge in [-0.25, -0.2) is 13.1 Å². The van der Waals surface area contributed by atoms with Crippen LogP contribution in [0.1, 0.15) is 25.3 Å². The zero-order valence-corrected chi connectivity index (χ0v) is 15.6. The molecule has 2 rings (SSSR count). The van der Waals surface area contributed by atoms with Crippen LogP contribution < -0.4 is 15.4 Å². The lowest BCUT2D eigenvalue weighted by atomic mass is 10.0. The zero-order valence-electron chi connectivity index (χ0n) is 14.0. The number of rotatable bonds is 5. The number of hydrogen-bond donors (Lipinski definition) is 3. The first-order valence-electron chi connectivity index (χ1n) is 7.77. The summed E-state index contributed by atoms with van der Waals surface area (Å²) in [6.07, 6.45) is -3.18. The summed E-state index contributed by atoms with van der Waals surface area (Å²) in [6.45, 7) is 2.20. The molecule has 0 aromatic heterocycles. The lowest BCUT2D eigenvalue weighted by Gasteiger charge is -2.28. The lowest BCUT2D eigenvalue weighted by molar-refractivity contribution is -0.137. The van der Waals surface area contributed by atoms with Crippen LogP contribution in [0.3, 0.4) is 0 Å². The van der Waals surface area contributed by atoms with Crippen molar-refractivity contribution in [2.75, 3.05) is 13.1 Å². The van der Waals surface area contributed by atoms with Crippen molar-refractivity contribution >= 4 is 28.3 Å². The molecule has 6 nitrogen and oxygen atoms in total. The monoisotopic (exact) mass is 415 g/mol. The zero-order chi connectivity index (χ0) is 18.7. The molecule has 0 saturated carbocycles. The van der Waals surface area contributed by atoms with Crippen LogP contribution in [-0.4, -0.2) is 39.5 Å². The molecule has 1 saturated heterocycles. The van der Waals surface area contributed by atoms with Gasteiger partial charge < -0.3 is 10.6 Å². The number of nitrogens with one attached hydrogen (secondary N) is 3. The molecule has 1 aromatic rings. The Morgan fingerprint density at radius 2 is 2.04 bits per heavy atom. The molecule has 0 bridgehead atoms. The summed E-state index contributed by atoms with van der Waals surface area (Å²) in [6, 6.07) is 3.57. The smallest absolute Gasteiger partial charge is 0.352 e. The van der Waals surface area contributed by atoms with Crippen LogP contribution in [0.15, 0.2) is 29.2 Å². The van der Waals surface area contributed by atoms with Crippen LogP contribution in [-0.2, 0) is 21.0 Å². The average molecular weight is 416 g/mol. The van der Waals surface area contributed by atoms with Gasteiger partial charge in [-0.2, -0.15) is 13.2 Å². The van der Waals surface area contributed by atoms with Gasteiger partial charge in [0, 0.05) is 12.1 Å². The van der Waals surface area contributed by atoms with Gasteiger partial charge in [0.25, 0.3) is 0 Å². The molecule has 1 heterocycles. The summed E-state index contributed by atoms with van der Waals surface area (Å²) in [4.78, 5) is 11.3. The van der Waals surface area contributed by atoms with Crippen LogP contribution in [0, 0.1) is 0 Å². The Labute approximate surface area is 156 Å². The molecule has 148 valence electrons. The number of amides is 1. The summed E-state index contributed by atoms with van der Waals surface area (Å²) in [7, 11) is -4.21. The maximum atomic E-state index is 12.7. The number of benzene rings is 1. The fourth-order valence-corrected chi connectivity index (χ4v) is 3.65. The third kappa shape index (κ3) is 6.42. The fraction of sp³-hybridized carbons (Fsp3) is 0.533. The van der Waals surface area contributed by atoms with Gasteiger partial charge in [-0.05, 0) is 44.5 Å². The van der Waals surface area contributed by atoms with E-state index in [9.17, 15) is 26.4 Å². The number of hydrogen-bond acceptors (Lipinski definition) is 4. The van der Waals surface area contributed by atoms with Gasteiger partial charge in [0.15, 0.2) is 0 Å². The molecule has 0 aliphatic carbocycles. The summed E-state index contributed by atoms with van der Waals surface area (Å²) < 4.78 is 64.2. The van der Waals surface area contributed by atoms with Gasteiger partial charge in [0.2, 0.25) is 15.9 Å². The molecular weight excluding hydrogens is 395 g/mol. The Kier molecular flexibility index (Phi) is 7.87. The minimum atomic E-state index is -4.64. The predicted molar refractivity (Wildman–Crippen MR) is 92.5 cm³/mol. The molecule has 2 unspecified atom stereocenters. The van der Waals surface area contributed by atoms with Crippen molar-refractivity contribution in [1.29, 1.82) is 0 Å². The van der Waals surface area contributed by atoms with Crippen LogP contribution in [0.2, 0.25) is 0 Å². The van der Waals surface area contributed by atoms with E-state index in [1.54, 1.807) is 0 Å². The predicted octanol–water partition coefficient (Wildman–Crippen LogP) is 1.66. The standard InChI is InChI=1S/C15H20F3N3O3S.ClH/c1-10-7-12(5-6-19-10)21-14(22)9-20-25(23,24)13-4-2-3-11(8-13)15(16,17)18;/h2-4,8,10,12,19-20H,5-7,9H2,1H3,(H,21,22);1H. The number of piperidine rings is 1. The van der Waals surface area contributed by atoms with E-state index < -0.39 is 39.1 Å². The molecule has 1 aliphatic heterocycles. The van der Waals surface area contributed by atoms with Crippen molar-refractivity contribution in [2.24, 2.45) is 0 Å². The SMILES string of the molecule is CC1CC(NC(=O)CNS(=O)(=O)c2cccc(C(F)(F)F)c2)CCN1.Cl. The van der Waals surface area contributed by atoms with Gasteiger partial charge in [0.1, 0.15) is 0 Å². The van der Waals surface area contributed by atoms with Crippen LogP contribution in [0.5, 0.6) is 0 Å². The second kappa shape index (κ2) is 9.03. The van der Waals surface area contributed by atoms with E-state index in [0.717, 1.165) is 37.6 Å². The molecule has 3 N–H and O–H groups in total. The highest BCUT2D eigenvalue weighted by Gasteiger charge is 2.31. The van der Waals surface area contributed by atoms with E-state index in [0.29, 0.717) is 6.07 Å². The molecular formula is C15H21ClF3N3O3S. The molecule has 1 fully saturated rings. The molecule has 0 radical (unpaired) electrons. The highest BCUT2D eigenvalue weighted by Crippen LogP contribution is 2.30. The largest absolute Gasteiger partial charge is 0.416 e. The Morgan fingerprint density at radius 1 is 1.35 bits per heavy atom. The normalized spacial score (nSPS) is 20.9. The van der Waals surface area contributed by atoms with Gasteiger partial charge in [-0.15, -0.1) is 12.4 Å². The number of carbonyl (C=O) groups excluding carboxylic acids is 1. The Balaban J connectivity index is 0.00000338. The molecule has 26 heavy (non-hydrogen) atoms. The fourth-order valence-electron chi connectivity index (χ4n) is 2.63. The van der Waals surface area contributed by atoms with Crippen molar-refractivity contribution in [3.8, 4) is 0 Å². The van der Waals surface area contributed by atoms with E-state index in [2.05, 4.69) is 10.6 Å². The van der Waals surface area contributed by atoms with E-state index in [1.165, 1.54) is 0 Å². The van der Waals surface area contributed by atoms with E-state index in [-0.39, 0.29) is 24.5 Å². The summed E-state index contributed by atoms with van der Waals surface area (Å²) in [5, 5.41) is 5.95. The number of sulfonamides is 1. The highest BCUT2D eigenvalue weighted by atomic mass is 35.5. The topological polar surface area (TPSA) is 87.3 Å². The van der Waals surface area contributed by atoms with Gasteiger partial charge in [-0.3, -0.25) is 4.79 Å². The van der Waals surface area contributed by atoms with E-state index >= 15 is 0 Å². The van der Waals surface area contributed by atoms with Gasteiger partial charge in [-0.1, -0.05) is 6.07 Å². The molecule has 0 spiro atoms. The quantitative estimate of drug-likeness (QED) is 0.682. The van der Waals surface area contributed by atoms with Crippen LogP contribution in [0.25, 0.3) is 0 Å². The Morgan fingerprint density at radius 3 is 2.65 bits per heavy atom. The van der Waals surface area contributed by atoms with Crippen molar-refractivity contribution in [1.82, 2.24) is 15.4 Å². The first kappa shape index (κ1) is 22.7. The highest BCUT2D eigenvalue weighted by molar-refractivity contribution is 7.89. The van der Waals surface area contributed by atoms with Crippen LogP contribution in [0.4, 0.5) is 13.2 Å². The minimum absolute atomic E-state index is 0. The van der Waals surface area contributed by atoms with E-state index in [1.807, 2.05) is 11.6 Å². The number of carbonyl (C=O) groups is 1. The third-order valence-electron chi connectivity index (χ3n) is 3.88. The van der Waals surface area contributed by atoms with Gasteiger partial charge in [0.05, 0.1) is 17.0 Å². The summed E-state index contributed by atoms with van der Waals surface area (Å²) in [5.74, 6) is -0.519. The first-order chi connectivity index (χ1) is 11.6. The maximum absolute atomic E-state index is 12.7. The number of halogens is 4. The van der Waals surface area contributed by atoms with Crippen LogP contribution >= 0.6 is 12.4 Å². The summed E-state index contributed by atoms with van der Waals surface area (Å²) in [5.41, 5.74) is -1.07. The van der Waals surface area contributed by atoms with Crippen molar-refractivity contribution in [3.05, 3.63) is 29.8 Å². The first-order valence-corrected chi connectivity index (χ1v) is 9.26. The molecule has 1 aromatic carbocycles. The third-order valence-corrected chi connectivity index (χ3v) is 5.28. The average Bonchev–Trinajstić information content (AvgIpc) is 2.52. The molecule has 2 atom stereocenters. The lowest BCUT2D eigenvalue weighted by Crippen LogP contribution is -2.48. The Hall–Kier alpha value is -1.36.